The standard InChI is InChI=1S/C10H9ClN4O/c11-8-2-1-7(3-9(8)12)10(16)4-15-6-13-5-14-15/h1-3,5-6H,4,12H2. The molecule has 0 fully saturated rings. The molecule has 6 heteroatoms. The SMILES string of the molecule is Nc1cc(C(=O)Cn2cncn2)ccc1Cl. The number of anilines is 1. The zero-order chi connectivity index (χ0) is 11.5. The summed E-state index contributed by atoms with van der Waals surface area (Å²) in [5, 5.41) is 4.29. The van der Waals surface area contributed by atoms with Crippen molar-refractivity contribution in [2.24, 2.45) is 0 Å². The summed E-state index contributed by atoms with van der Waals surface area (Å²) in [6.45, 7) is 0.140. The number of ketones is 1. The number of carbonyl (C=O) groups is 1. The van der Waals surface area contributed by atoms with Gasteiger partial charge in [0.1, 0.15) is 19.2 Å². The molecule has 5 nitrogen and oxygen atoms in total. The first-order chi connectivity index (χ1) is 7.66. The minimum Gasteiger partial charge on any atom is -0.398 e. The minimum atomic E-state index is -0.0890. The second-order valence-electron chi connectivity index (χ2n) is 3.25. The second kappa shape index (κ2) is 4.32. The molecule has 0 saturated carbocycles. The predicted molar refractivity (Wildman–Crippen MR) is 60.2 cm³/mol. The molecule has 82 valence electrons. The highest BCUT2D eigenvalue weighted by molar-refractivity contribution is 6.33. The van der Waals surface area contributed by atoms with Crippen LogP contribution in [-0.4, -0.2) is 20.5 Å². The van der Waals surface area contributed by atoms with Crippen LogP contribution in [0.25, 0.3) is 0 Å². The van der Waals surface area contributed by atoms with Gasteiger partial charge >= 0.3 is 0 Å². The number of benzene rings is 1. The topological polar surface area (TPSA) is 73.8 Å². The van der Waals surface area contributed by atoms with Gasteiger partial charge in [-0.15, -0.1) is 0 Å². The molecule has 0 atom stereocenters. The van der Waals surface area contributed by atoms with Crippen molar-refractivity contribution in [3.63, 3.8) is 0 Å². The Morgan fingerprint density at radius 1 is 1.50 bits per heavy atom. The Balaban J connectivity index is 2.18. The predicted octanol–water partition coefficient (Wildman–Crippen LogP) is 1.40. The first-order valence-electron chi connectivity index (χ1n) is 4.57. The van der Waals surface area contributed by atoms with Crippen LogP contribution in [0.4, 0.5) is 5.69 Å². The number of carbonyl (C=O) groups excluding carboxylic acids is 1. The van der Waals surface area contributed by atoms with Crippen LogP contribution in [0.5, 0.6) is 0 Å². The molecule has 1 aromatic heterocycles. The molecule has 0 unspecified atom stereocenters. The molecule has 0 saturated heterocycles. The van der Waals surface area contributed by atoms with Crippen LogP contribution in [0.1, 0.15) is 10.4 Å². The average Bonchev–Trinajstić information content (AvgIpc) is 2.74. The van der Waals surface area contributed by atoms with E-state index in [0.717, 1.165) is 0 Å². The highest BCUT2D eigenvalue weighted by Gasteiger charge is 2.08. The third kappa shape index (κ3) is 2.20. The smallest absolute Gasteiger partial charge is 0.184 e. The monoisotopic (exact) mass is 236 g/mol. The largest absolute Gasteiger partial charge is 0.398 e. The van der Waals surface area contributed by atoms with E-state index in [1.165, 1.54) is 17.3 Å². The van der Waals surface area contributed by atoms with Gasteiger partial charge in [-0.05, 0) is 18.2 Å². The lowest BCUT2D eigenvalue weighted by Gasteiger charge is -2.03. The summed E-state index contributed by atoms with van der Waals surface area (Å²) >= 11 is 5.76. The number of nitrogen functional groups attached to an aromatic ring is 1. The molecule has 16 heavy (non-hydrogen) atoms. The van der Waals surface area contributed by atoms with Crippen molar-refractivity contribution in [2.45, 2.75) is 6.54 Å². The van der Waals surface area contributed by atoms with Gasteiger partial charge in [0, 0.05) is 5.56 Å². The van der Waals surface area contributed by atoms with Crippen LogP contribution in [0, 0.1) is 0 Å². The van der Waals surface area contributed by atoms with Crippen LogP contribution >= 0.6 is 11.6 Å². The Morgan fingerprint density at radius 2 is 2.31 bits per heavy atom. The number of nitrogens with zero attached hydrogens (tertiary/aromatic N) is 3. The number of hydrogen-bond donors (Lipinski definition) is 1. The summed E-state index contributed by atoms with van der Waals surface area (Å²) < 4.78 is 1.45. The fourth-order valence-corrected chi connectivity index (χ4v) is 1.39. The fraction of sp³-hybridized carbons (Fsp3) is 0.100. The van der Waals surface area contributed by atoms with E-state index in [9.17, 15) is 4.79 Å². The van der Waals surface area contributed by atoms with E-state index >= 15 is 0 Å². The Kier molecular flexibility index (Phi) is 2.87. The molecule has 0 radical (unpaired) electrons. The van der Waals surface area contributed by atoms with Crippen LogP contribution in [0.3, 0.4) is 0 Å². The maximum absolute atomic E-state index is 11.8. The van der Waals surface area contributed by atoms with Crippen molar-refractivity contribution < 1.29 is 4.79 Å². The Hall–Kier alpha value is -1.88. The van der Waals surface area contributed by atoms with Crippen molar-refractivity contribution in [2.75, 3.05) is 5.73 Å². The van der Waals surface area contributed by atoms with Gasteiger partial charge < -0.3 is 5.73 Å². The van der Waals surface area contributed by atoms with Gasteiger partial charge in [-0.25, -0.2) is 9.67 Å². The summed E-state index contributed by atoms with van der Waals surface area (Å²) in [7, 11) is 0. The van der Waals surface area contributed by atoms with Crippen LogP contribution in [0.15, 0.2) is 30.9 Å². The van der Waals surface area contributed by atoms with E-state index in [2.05, 4.69) is 10.1 Å². The molecule has 2 aromatic rings. The van der Waals surface area contributed by atoms with Crippen LogP contribution < -0.4 is 5.73 Å². The quantitative estimate of drug-likeness (QED) is 0.646. The molecule has 1 heterocycles. The normalized spacial score (nSPS) is 10.3. The number of halogens is 1. The van der Waals surface area contributed by atoms with Crippen LogP contribution in [0.2, 0.25) is 5.02 Å². The average molecular weight is 237 g/mol. The van der Waals surface area contributed by atoms with E-state index in [-0.39, 0.29) is 12.3 Å². The molecule has 1 aromatic carbocycles. The van der Waals surface area contributed by atoms with Crippen molar-refractivity contribution >= 4 is 23.1 Å². The second-order valence-corrected chi connectivity index (χ2v) is 3.66. The van der Waals surface area contributed by atoms with E-state index < -0.39 is 0 Å². The number of hydrogen-bond acceptors (Lipinski definition) is 4. The summed E-state index contributed by atoms with van der Waals surface area (Å²) in [6.07, 6.45) is 2.86. The molecule has 0 aliphatic carbocycles. The van der Waals surface area contributed by atoms with Gasteiger partial charge in [-0.3, -0.25) is 4.79 Å². The first kappa shape index (κ1) is 10.6. The van der Waals surface area contributed by atoms with Gasteiger partial charge in [-0.2, -0.15) is 5.10 Å². The number of rotatable bonds is 3. The molecule has 0 aliphatic rings. The lowest BCUT2D eigenvalue weighted by Crippen LogP contribution is -2.11. The highest BCUT2D eigenvalue weighted by atomic mass is 35.5. The van der Waals surface area contributed by atoms with Crippen molar-refractivity contribution in [3.8, 4) is 0 Å². The zero-order valence-electron chi connectivity index (χ0n) is 8.30. The van der Waals surface area contributed by atoms with E-state index in [0.29, 0.717) is 16.3 Å². The number of Topliss-reactive ketones (excluding diaryl/α,β-unsaturated/α-hetero) is 1. The van der Waals surface area contributed by atoms with Crippen molar-refractivity contribution in [1.29, 1.82) is 0 Å². The lowest BCUT2D eigenvalue weighted by atomic mass is 10.1. The molecular weight excluding hydrogens is 228 g/mol. The third-order valence-electron chi connectivity index (χ3n) is 2.09. The summed E-state index contributed by atoms with van der Waals surface area (Å²) in [5.74, 6) is -0.0890. The molecule has 2 N–H and O–H groups in total. The molecule has 0 aliphatic heterocycles. The van der Waals surface area contributed by atoms with Crippen molar-refractivity contribution in [1.82, 2.24) is 14.8 Å². The van der Waals surface area contributed by atoms with Gasteiger partial charge in [-0.1, -0.05) is 11.6 Å². The minimum absolute atomic E-state index is 0.0890. The summed E-state index contributed by atoms with van der Waals surface area (Å²) in [4.78, 5) is 15.5. The van der Waals surface area contributed by atoms with Gasteiger partial charge in [0.05, 0.1) is 10.7 Å². The molecule has 0 amide bonds. The molecule has 0 bridgehead atoms. The highest BCUT2D eigenvalue weighted by Crippen LogP contribution is 2.19. The maximum atomic E-state index is 11.8. The van der Waals surface area contributed by atoms with E-state index in [4.69, 9.17) is 17.3 Å². The Labute approximate surface area is 96.8 Å². The van der Waals surface area contributed by atoms with E-state index in [1.54, 1.807) is 18.2 Å². The lowest BCUT2D eigenvalue weighted by molar-refractivity contribution is 0.0967. The fourth-order valence-electron chi connectivity index (χ4n) is 1.27. The summed E-state index contributed by atoms with van der Waals surface area (Å²) in [6, 6.07) is 4.80. The van der Waals surface area contributed by atoms with E-state index in [1.807, 2.05) is 0 Å². The van der Waals surface area contributed by atoms with Gasteiger partial charge in [0.15, 0.2) is 5.78 Å². The molecule has 0 spiro atoms. The van der Waals surface area contributed by atoms with Gasteiger partial charge in [0.25, 0.3) is 0 Å². The Morgan fingerprint density at radius 3 is 2.94 bits per heavy atom. The number of nitrogens with two attached hydrogens (primary N) is 1. The number of aromatic nitrogens is 3. The third-order valence-corrected chi connectivity index (χ3v) is 2.43. The molecular formula is C10H9ClN4O. The Bertz CT molecular complexity index is 510. The maximum Gasteiger partial charge on any atom is 0.184 e. The zero-order valence-corrected chi connectivity index (χ0v) is 9.05. The molecule has 2 rings (SSSR count). The summed E-state index contributed by atoms with van der Waals surface area (Å²) in [5.41, 5.74) is 6.52. The first-order valence-corrected chi connectivity index (χ1v) is 4.95. The van der Waals surface area contributed by atoms with Crippen molar-refractivity contribution in [3.05, 3.63) is 41.4 Å². The van der Waals surface area contributed by atoms with Gasteiger partial charge in [0.2, 0.25) is 0 Å². The van der Waals surface area contributed by atoms with Crippen LogP contribution in [-0.2, 0) is 6.54 Å².